The fourth-order valence-electron chi connectivity index (χ4n) is 1.51. The molecule has 1 atom stereocenters. The van der Waals surface area contributed by atoms with E-state index in [4.69, 9.17) is 0 Å². The second kappa shape index (κ2) is 6.44. The summed E-state index contributed by atoms with van der Waals surface area (Å²) in [6.07, 6.45) is 5.40. The first kappa shape index (κ1) is 14.0. The SMILES string of the molecule is CC(C)CCCC(O)CCC(C)(C)C. The minimum absolute atomic E-state index is 0.0759. The minimum Gasteiger partial charge on any atom is -0.393 e. The smallest absolute Gasteiger partial charge is 0.0540 e. The summed E-state index contributed by atoms with van der Waals surface area (Å²) in [6, 6.07) is 0. The van der Waals surface area contributed by atoms with E-state index < -0.39 is 0 Å². The minimum atomic E-state index is -0.0759. The van der Waals surface area contributed by atoms with E-state index in [0.717, 1.165) is 25.2 Å². The molecule has 1 nitrogen and oxygen atoms in total. The zero-order valence-electron chi connectivity index (χ0n) is 10.6. The van der Waals surface area contributed by atoms with E-state index in [9.17, 15) is 5.11 Å². The Morgan fingerprint density at radius 3 is 2.00 bits per heavy atom. The first-order chi connectivity index (χ1) is 6.31. The molecular weight excluding hydrogens is 172 g/mol. The molecule has 0 heterocycles. The van der Waals surface area contributed by atoms with E-state index in [0.29, 0.717) is 5.41 Å². The summed E-state index contributed by atoms with van der Waals surface area (Å²) < 4.78 is 0. The third-order valence-corrected chi connectivity index (χ3v) is 2.55. The van der Waals surface area contributed by atoms with Crippen LogP contribution in [0.15, 0.2) is 0 Å². The normalized spacial score (nSPS) is 14.8. The number of rotatable bonds is 6. The molecule has 0 rings (SSSR count). The van der Waals surface area contributed by atoms with Gasteiger partial charge in [-0.05, 0) is 30.6 Å². The van der Waals surface area contributed by atoms with Gasteiger partial charge in [0.1, 0.15) is 0 Å². The molecule has 0 bridgehead atoms. The van der Waals surface area contributed by atoms with Crippen molar-refractivity contribution in [3.05, 3.63) is 0 Å². The maximum atomic E-state index is 9.73. The molecule has 0 fully saturated rings. The largest absolute Gasteiger partial charge is 0.393 e. The Balaban J connectivity index is 3.42. The highest BCUT2D eigenvalue weighted by Gasteiger charge is 2.13. The van der Waals surface area contributed by atoms with Crippen molar-refractivity contribution >= 4 is 0 Å². The molecule has 0 saturated heterocycles. The number of aliphatic hydroxyl groups excluding tert-OH is 1. The molecular formula is C13H28O. The van der Waals surface area contributed by atoms with Crippen molar-refractivity contribution in [3.63, 3.8) is 0 Å². The zero-order valence-corrected chi connectivity index (χ0v) is 10.6. The molecule has 0 aliphatic heterocycles. The Hall–Kier alpha value is -0.0400. The van der Waals surface area contributed by atoms with Crippen LogP contribution in [-0.4, -0.2) is 11.2 Å². The maximum absolute atomic E-state index is 9.73. The van der Waals surface area contributed by atoms with Gasteiger partial charge in [0.2, 0.25) is 0 Å². The van der Waals surface area contributed by atoms with Crippen LogP contribution in [0.5, 0.6) is 0 Å². The van der Waals surface area contributed by atoms with Crippen molar-refractivity contribution in [1.82, 2.24) is 0 Å². The predicted octanol–water partition coefficient (Wildman–Crippen LogP) is 4.00. The molecule has 0 saturated carbocycles. The lowest BCUT2D eigenvalue weighted by molar-refractivity contribution is 0.132. The van der Waals surface area contributed by atoms with Gasteiger partial charge in [0.05, 0.1) is 6.10 Å². The Kier molecular flexibility index (Phi) is 6.43. The summed E-state index contributed by atoms with van der Waals surface area (Å²) in [4.78, 5) is 0. The van der Waals surface area contributed by atoms with E-state index in [2.05, 4.69) is 34.6 Å². The van der Waals surface area contributed by atoms with Crippen LogP contribution in [0.1, 0.15) is 66.7 Å². The molecule has 0 aliphatic rings. The summed E-state index contributed by atoms with van der Waals surface area (Å²) >= 11 is 0. The van der Waals surface area contributed by atoms with Crippen molar-refractivity contribution in [2.24, 2.45) is 11.3 Å². The topological polar surface area (TPSA) is 20.2 Å². The number of hydrogen-bond donors (Lipinski definition) is 1. The van der Waals surface area contributed by atoms with Crippen LogP contribution in [0, 0.1) is 11.3 Å². The Morgan fingerprint density at radius 1 is 1.00 bits per heavy atom. The lowest BCUT2D eigenvalue weighted by Crippen LogP contribution is -2.13. The van der Waals surface area contributed by atoms with E-state index in [1.165, 1.54) is 12.8 Å². The zero-order chi connectivity index (χ0) is 11.2. The maximum Gasteiger partial charge on any atom is 0.0540 e. The van der Waals surface area contributed by atoms with Crippen LogP contribution < -0.4 is 0 Å². The molecule has 86 valence electrons. The first-order valence-corrected chi connectivity index (χ1v) is 5.99. The average Bonchev–Trinajstić information content (AvgIpc) is 1.99. The molecule has 1 unspecified atom stereocenters. The van der Waals surface area contributed by atoms with E-state index in [-0.39, 0.29) is 6.10 Å². The molecule has 0 radical (unpaired) electrons. The van der Waals surface area contributed by atoms with Gasteiger partial charge in [0, 0.05) is 0 Å². The predicted molar refractivity (Wildman–Crippen MR) is 63.4 cm³/mol. The van der Waals surface area contributed by atoms with E-state index >= 15 is 0 Å². The fourth-order valence-corrected chi connectivity index (χ4v) is 1.51. The third-order valence-electron chi connectivity index (χ3n) is 2.55. The van der Waals surface area contributed by atoms with Crippen molar-refractivity contribution in [2.75, 3.05) is 0 Å². The van der Waals surface area contributed by atoms with Crippen LogP contribution >= 0.6 is 0 Å². The van der Waals surface area contributed by atoms with Gasteiger partial charge in [-0.2, -0.15) is 0 Å². The molecule has 0 aromatic carbocycles. The van der Waals surface area contributed by atoms with Gasteiger partial charge < -0.3 is 5.11 Å². The summed E-state index contributed by atoms with van der Waals surface area (Å²) in [7, 11) is 0. The Labute approximate surface area is 89.9 Å². The van der Waals surface area contributed by atoms with Gasteiger partial charge in [-0.1, -0.05) is 47.5 Å². The Bertz CT molecular complexity index is 133. The summed E-state index contributed by atoms with van der Waals surface area (Å²) in [6.45, 7) is 11.2. The molecule has 0 aromatic heterocycles. The fraction of sp³-hybridized carbons (Fsp3) is 1.00. The number of hydrogen-bond acceptors (Lipinski definition) is 1. The molecule has 0 spiro atoms. The van der Waals surface area contributed by atoms with Crippen molar-refractivity contribution < 1.29 is 5.11 Å². The van der Waals surface area contributed by atoms with Gasteiger partial charge in [-0.3, -0.25) is 0 Å². The molecule has 0 aromatic rings. The standard InChI is InChI=1S/C13H28O/c1-11(2)7-6-8-12(14)9-10-13(3,4)5/h11-12,14H,6-10H2,1-5H3. The van der Waals surface area contributed by atoms with Gasteiger partial charge in [0.15, 0.2) is 0 Å². The number of aliphatic hydroxyl groups is 1. The van der Waals surface area contributed by atoms with Gasteiger partial charge >= 0.3 is 0 Å². The second-order valence-electron chi connectivity index (χ2n) is 6.08. The Morgan fingerprint density at radius 2 is 1.57 bits per heavy atom. The van der Waals surface area contributed by atoms with Crippen molar-refractivity contribution in [2.45, 2.75) is 72.8 Å². The average molecular weight is 200 g/mol. The molecule has 0 amide bonds. The highest BCUT2D eigenvalue weighted by molar-refractivity contribution is 4.65. The van der Waals surface area contributed by atoms with Gasteiger partial charge in [-0.25, -0.2) is 0 Å². The molecule has 0 aliphatic carbocycles. The monoisotopic (exact) mass is 200 g/mol. The molecule has 14 heavy (non-hydrogen) atoms. The summed E-state index contributed by atoms with van der Waals surface area (Å²) in [5.41, 5.74) is 0.360. The van der Waals surface area contributed by atoms with Crippen molar-refractivity contribution in [1.29, 1.82) is 0 Å². The van der Waals surface area contributed by atoms with Crippen LogP contribution in [0.2, 0.25) is 0 Å². The summed E-state index contributed by atoms with van der Waals surface area (Å²) in [5, 5.41) is 9.73. The third kappa shape index (κ3) is 10.0. The highest BCUT2D eigenvalue weighted by Crippen LogP contribution is 2.23. The second-order valence-corrected chi connectivity index (χ2v) is 6.08. The van der Waals surface area contributed by atoms with Crippen LogP contribution in [0.25, 0.3) is 0 Å². The lowest BCUT2D eigenvalue weighted by atomic mass is 9.88. The summed E-state index contributed by atoms with van der Waals surface area (Å²) in [5.74, 6) is 0.768. The van der Waals surface area contributed by atoms with Crippen LogP contribution in [0.4, 0.5) is 0 Å². The van der Waals surface area contributed by atoms with Crippen LogP contribution in [-0.2, 0) is 0 Å². The van der Waals surface area contributed by atoms with Gasteiger partial charge in [0.25, 0.3) is 0 Å². The van der Waals surface area contributed by atoms with Crippen LogP contribution in [0.3, 0.4) is 0 Å². The van der Waals surface area contributed by atoms with E-state index in [1.54, 1.807) is 0 Å². The van der Waals surface area contributed by atoms with Gasteiger partial charge in [-0.15, -0.1) is 0 Å². The lowest BCUT2D eigenvalue weighted by Gasteiger charge is -2.20. The first-order valence-electron chi connectivity index (χ1n) is 5.99. The molecule has 1 heteroatoms. The molecule has 1 N–H and O–H groups in total. The highest BCUT2D eigenvalue weighted by atomic mass is 16.3. The quantitative estimate of drug-likeness (QED) is 0.687. The van der Waals surface area contributed by atoms with E-state index in [1.807, 2.05) is 0 Å². The van der Waals surface area contributed by atoms with Crippen molar-refractivity contribution in [3.8, 4) is 0 Å².